The third kappa shape index (κ3) is 43.0. The summed E-state index contributed by atoms with van der Waals surface area (Å²) in [6, 6.07) is -1.49. The van der Waals surface area contributed by atoms with Crippen molar-refractivity contribution in [2.24, 2.45) is 5.73 Å². The van der Waals surface area contributed by atoms with Gasteiger partial charge < -0.3 is 25.2 Å². The first-order chi connectivity index (χ1) is 29.2. The maximum absolute atomic E-state index is 12.6. The van der Waals surface area contributed by atoms with Gasteiger partial charge in [-0.25, -0.2) is 4.57 Å². The zero-order valence-electron chi connectivity index (χ0n) is 37.3. The minimum absolute atomic E-state index is 0.0227. The van der Waals surface area contributed by atoms with Crippen LogP contribution in [-0.2, 0) is 32.7 Å². The van der Waals surface area contributed by atoms with Gasteiger partial charge in [0.25, 0.3) is 0 Å². The molecule has 4 N–H and O–H groups in total. The third-order valence-electron chi connectivity index (χ3n) is 9.10. The largest absolute Gasteiger partial charge is 0.480 e. The number of carboxylic acid groups (broad SMARTS) is 1. The van der Waals surface area contributed by atoms with E-state index in [0.717, 1.165) is 103 Å². The Bertz CT molecular complexity index is 1320. The minimum Gasteiger partial charge on any atom is -0.480 e. The lowest BCUT2D eigenvalue weighted by atomic mass is 10.1. The van der Waals surface area contributed by atoms with Crippen LogP contribution in [0.2, 0.25) is 0 Å². The molecule has 0 rings (SSSR count). The second-order valence-electron chi connectivity index (χ2n) is 14.8. The van der Waals surface area contributed by atoms with E-state index in [2.05, 4.69) is 111 Å². The average molecular weight is 860 g/mol. The monoisotopic (exact) mass is 860 g/mol. The fourth-order valence-electron chi connectivity index (χ4n) is 5.58. The van der Waals surface area contributed by atoms with Crippen LogP contribution in [0.4, 0.5) is 0 Å². The normalized spacial score (nSPS) is 14.7. The maximum Gasteiger partial charge on any atom is 0.472 e. The van der Waals surface area contributed by atoms with Gasteiger partial charge in [-0.05, 0) is 96.3 Å². The lowest BCUT2D eigenvalue weighted by Crippen LogP contribution is -2.34. The number of ether oxygens (including phenoxy) is 2. The van der Waals surface area contributed by atoms with Gasteiger partial charge in [-0.1, -0.05) is 156 Å². The lowest BCUT2D eigenvalue weighted by molar-refractivity contribution is -0.154. The van der Waals surface area contributed by atoms with E-state index in [4.69, 9.17) is 29.4 Å². The number of hydrogen-bond acceptors (Lipinski definition) is 8. The predicted molar refractivity (Wildman–Crippen MR) is 249 cm³/mol. The third-order valence-corrected chi connectivity index (χ3v) is 10.0. The van der Waals surface area contributed by atoms with E-state index >= 15 is 0 Å². The number of carbonyl (C=O) groups excluding carboxylic acids is 1. The molecule has 11 heteroatoms. The van der Waals surface area contributed by atoms with Crippen LogP contribution in [0.1, 0.15) is 162 Å². The van der Waals surface area contributed by atoms with Gasteiger partial charge >= 0.3 is 19.8 Å². The molecular formula is C49H82NO9P. The van der Waals surface area contributed by atoms with E-state index in [-0.39, 0.29) is 13.0 Å². The molecule has 10 nitrogen and oxygen atoms in total. The number of unbranched alkanes of at least 4 members (excludes halogenated alkanes) is 12. The van der Waals surface area contributed by atoms with Crippen LogP contribution >= 0.6 is 7.82 Å². The van der Waals surface area contributed by atoms with E-state index in [1.807, 2.05) is 0 Å². The van der Waals surface area contributed by atoms with Crippen molar-refractivity contribution < 1.29 is 42.7 Å². The highest BCUT2D eigenvalue weighted by atomic mass is 31.2. The molecule has 0 radical (unpaired) electrons. The molecule has 0 amide bonds. The molecule has 0 saturated heterocycles. The zero-order chi connectivity index (χ0) is 44.0. The SMILES string of the molecule is CC/C=C\C/C=C\C/C=C\C/C=C\C/C=C\C/C=C\C/C=C\CCCCOCC(COP(=O)(O)OCC(N)C(=O)O)OC(=O)CCCCCCC/C=C\CCCCCCC. The molecule has 3 atom stereocenters. The van der Waals surface area contributed by atoms with E-state index in [1.165, 1.54) is 32.1 Å². The van der Waals surface area contributed by atoms with E-state index in [0.29, 0.717) is 13.0 Å². The van der Waals surface area contributed by atoms with Crippen molar-refractivity contribution in [1.29, 1.82) is 0 Å². The Morgan fingerprint density at radius 2 is 0.967 bits per heavy atom. The van der Waals surface area contributed by atoms with Gasteiger partial charge in [-0.2, -0.15) is 0 Å². The molecule has 0 saturated carbocycles. The first-order valence-electron chi connectivity index (χ1n) is 22.8. The van der Waals surface area contributed by atoms with Gasteiger partial charge in [0.2, 0.25) is 0 Å². The van der Waals surface area contributed by atoms with Crippen LogP contribution in [0.3, 0.4) is 0 Å². The number of carbonyl (C=O) groups is 2. The summed E-state index contributed by atoms with van der Waals surface area (Å²) in [7, 11) is -4.64. The van der Waals surface area contributed by atoms with E-state index in [9.17, 15) is 19.0 Å². The number of phosphoric acid groups is 1. The second kappa shape index (κ2) is 44.0. The Labute approximate surface area is 364 Å². The molecule has 0 fully saturated rings. The summed E-state index contributed by atoms with van der Waals surface area (Å²) < 4.78 is 33.3. The number of esters is 1. The number of phosphoric ester groups is 1. The summed E-state index contributed by atoms with van der Waals surface area (Å²) in [6.45, 7) is 3.61. The Hall–Kier alpha value is -3.11. The zero-order valence-corrected chi connectivity index (χ0v) is 38.2. The summed E-state index contributed by atoms with van der Waals surface area (Å²) >= 11 is 0. The van der Waals surface area contributed by atoms with Gasteiger partial charge in [-0.15, -0.1) is 0 Å². The maximum atomic E-state index is 12.6. The van der Waals surface area contributed by atoms with Crippen molar-refractivity contribution in [2.75, 3.05) is 26.4 Å². The molecule has 0 aliphatic rings. The van der Waals surface area contributed by atoms with Crippen molar-refractivity contribution in [3.8, 4) is 0 Å². The average Bonchev–Trinajstić information content (AvgIpc) is 3.23. The lowest BCUT2D eigenvalue weighted by Gasteiger charge is -2.20. The van der Waals surface area contributed by atoms with Crippen LogP contribution in [0.25, 0.3) is 0 Å². The molecule has 0 heterocycles. The fraction of sp³-hybridized carbons (Fsp3) is 0.633. The van der Waals surface area contributed by atoms with Gasteiger partial charge in [0.15, 0.2) is 0 Å². The topological polar surface area (TPSA) is 155 Å². The number of allylic oxidation sites excluding steroid dienone is 16. The predicted octanol–water partition coefficient (Wildman–Crippen LogP) is 12.9. The molecule has 0 aromatic heterocycles. The van der Waals surface area contributed by atoms with Gasteiger partial charge in [0, 0.05) is 13.0 Å². The fourth-order valence-corrected chi connectivity index (χ4v) is 6.35. The molecule has 3 unspecified atom stereocenters. The molecule has 0 aliphatic carbocycles. The van der Waals surface area contributed by atoms with E-state index in [1.54, 1.807) is 0 Å². The summed E-state index contributed by atoms with van der Waals surface area (Å²) in [5, 5.41) is 8.90. The highest BCUT2D eigenvalue weighted by molar-refractivity contribution is 7.47. The van der Waals surface area contributed by atoms with Crippen LogP contribution < -0.4 is 5.73 Å². The van der Waals surface area contributed by atoms with Gasteiger partial charge in [-0.3, -0.25) is 18.6 Å². The standard InChI is InChI=1S/C49H82NO9P/c1-3-5-7-9-11-13-15-17-19-20-21-22-23-24-25-26-27-28-30-32-34-36-38-40-42-56-43-46(44-57-60(54,55)58-45-47(50)49(52)53)59-48(51)41-39-37-35-33-31-29-18-16-14-12-10-8-6-4-2/h5,7,11,13,16-19,21-22,24-25,27-28,32,34,46-47H,3-4,6,8-10,12,14-15,20,23,26,29-31,33,35-45,50H2,1-2H3,(H,52,53)(H,54,55)/b7-5-,13-11-,18-16-,19-17-,22-21-,25-24-,28-27-,34-32-. The number of carboxylic acids is 1. The molecule has 0 aromatic carbocycles. The number of nitrogens with two attached hydrogens (primary N) is 1. The number of hydrogen-bond donors (Lipinski definition) is 3. The molecular weight excluding hydrogens is 778 g/mol. The Morgan fingerprint density at radius 1 is 0.550 bits per heavy atom. The smallest absolute Gasteiger partial charge is 0.472 e. The summed E-state index contributed by atoms with van der Waals surface area (Å²) in [5.41, 5.74) is 5.35. The van der Waals surface area contributed by atoms with Gasteiger partial charge in [0.1, 0.15) is 12.1 Å². The van der Waals surface area contributed by atoms with Crippen molar-refractivity contribution in [3.05, 3.63) is 97.2 Å². The second-order valence-corrected chi connectivity index (χ2v) is 16.2. The number of rotatable bonds is 42. The molecule has 0 bridgehead atoms. The van der Waals surface area contributed by atoms with Crippen molar-refractivity contribution in [3.63, 3.8) is 0 Å². The highest BCUT2D eigenvalue weighted by Crippen LogP contribution is 2.43. The first-order valence-corrected chi connectivity index (χ1v) is 24.3. The van der Waals surface area contributed by atoms with Crippen LogP contribution in [-0.4, -0.2) is 60.5 Å². The molecule has 0 aromatic rings. The molecule has 0 aliphatic heterocycles. The van der Waals surface area contributed by atoms with Crippen LogP contribution in [0.15, 0.2) is 97.2 Å². The summed E-state index contributed by atoms with van der Waals surface area (Å²) in [6.07, 6.45) is 57.5. The van der Waals surface area contributed by atoms with Crippen molar-refractivity contribution >= 4 is 19.8 Å². The molecule has 0 spiro atoms. The molecule has 342 valence electrons. The van der Waals surface area contributed by atoms with E-state index < -0.39 is 45.1 Å². The summed E-state index contributed by atoms with van der Waals surface area (Å²) in [4.78, 5) is 33.5. The Balaban J connectivity index is 4.33. The van der Waals surface area contributed by atoms with Crippen molar-refractivity contribution in [2.45, 2.75) is 174 Å². The summed E-state index contributed by atoms with van der Waals surface area (Å²) in [5.74, 6) is -1.82. The number of aliphatic carboxylic acids is 1. The van der Waals surface area contributed by atoms with Crippen LogP contribution in [0, 0.1) is 0 Å². The Morgan fingerprint density at radius 3 is 1.47 bits per heavy atom. The first kappa shape index (κ1) is 56.9. The van der Waals surface area contributed by atoms with Crippen LogP contribution in [0.5, 0.6) is 0 Å². The van der Waals surface area contributed by atoms with Crippen molar-refractivity contribution in [1.82, 2.24) is 0 Å². The highest BCUT2D eigenvalue weighted by Gasteiger charge is 2.27. The minimum atomic E-state index is -4.64. The van der Waals surface area contributed by atoms with Gasteiger partial charge in [0.05, 0.1) is 19.8 Å². The molecule has 60 heavy (non-hydrogen) atoms. The quantitative estimate of drug-likeness (QED) is 0.0234. The Kier molecular flexibility index (Phi) is 41.7.